The van der Waals surface area contributed by atoms with Crippen LogP contribution in [0.1, 0.15) is 5.76 Å². The van der Waals surface area contributed by atoms with E-state index in [-0.39, 0.29) is 0 Å². The van der Waals surface area contributed by atoms with Crippen LogP contribution in [-0.2, 0) is 0 Å². The van der Waals surface area contributed by atoms with Crippen molar-refractivity contribution >= 4 is 67.1 Å². The molecule has 2 aromatic carbocycles. The fourth-order valence-corrected chi connectivity index (χ4v) is 3.65. The summed E-state index contributed by atoms with van der Waals surface area (Å²) in [6.07, 6.45) is 1.71. The van der Waals surface area contributed by atoms with Gasteiger partial charge in [0, 0.05) is 20.5 Å². The third kappa shape index (κ3) is 4.73. The fraction of sp³-hybridized carbons (Fsp3) is 0. The first kappa shape index (κ1) is 16.8. The summed E-state index contributed by atoms with van der Waals surface area (Å²) < 4.78 is 7.71. The Labute approximate surface area is 160 Å². The maximum Gasteiger partial charge on any atom is 0.179 e. The zero-order valence-corrected chi connectivity index (χ0v) is 16.4. The van der Waals surface area contributed by atoms with Crippen LogP contribution in [0.3, 0.4) is 0 Å². The summed E-state index contributed by atoms with van der Waals surface area (Å²) in [7, 11) is 0. The van der Waals surface area contributed by atoms with E-state index in [0.29, 0.717) is 5.76 Å². The van der Waals surface area contributed by atoms with Crippen LogP contribution in [0.2, 0.25) is 5.02 Å². The van der Waals surface area contributed by atoms with Crippen LogP contribution in [0, 0.1) is 0 Å². The molecule has 0 aliphatic carbocycles. The van der Waals surface area contributed by atoms with Gasteiger partial charge in [0.2, 0.25) is 0 Å². The molecular formula is C17H10Br2ClNOS. The molecule has 6 heteroatoms. The standard InChI is InChI=1S/C17H10Br2ClNOS/c18-11-2-1-3-13(8-11)21-10-14-9-16(19)17(22-14)23-15-6-4-12(20)5-7-15/h1-10H. The lowest BCUT2D eigenvalue weighted by Gasteiger charge is -1.98. The molecule has 0 saturated heterocycles. The lowest BCUT2D eigenvalue weighted by molar-refractivity contribution is 0.466. The van der Waals surface area contributed by atoms with Gasteiger partial charge in [-0.3, -0.25) is 4.99 Å². The van der Waals surface area contributed by atoms with E-state index in [0.717, 1.165) is 29.6 Å². The van der Waals surface area contributed by atoms with Crippen molar-refractivity contribution in [2.24, 2.45) is 4.99 Å². The van der Waals surface area contributed by atoms with Crippen LogP contribution in [0.25, 0.3) is 0 Å². The van der Waals surface area contributed by atoms with Gasteiger partial charge >= 0.3 is 0 Å². The molecule has 0 radical (unpaired) electrons. The quantitative estimate of drug-likeness (QED) is 0.372. The van der Waals surface area contributed by atoms with Crippen LogP contribution in [0.15, 0.2) is 82.9 Å². The molecule has 0 bridgehead atoms. The molecule has 0 atom stereocenters. The smallest absolute Gasteiger partial charge is 0.179 e. The largest absolute Gasteiger partial charge is 0.447 e. The van der Waals surface area contributed by atoms with Crippen molar-refractivity contribution in [2.75, 3.05) is 0 Å². The number of halogens is 3. The van der Waals surface area contributed by atoms with Crippen molar-refractivity contribution < 1.29 is 4.42 Å². The second-order valence-electron chi connectivity index (χ2n) is 4.58. The number of nitrogens with zero attached hydrogens (tertiary/aromatic N) is 1. The van der Waals surface area contributed by atoms with Crippen molar-refractivity contribution in [1.29, 1.82) is 0 Å². The molecule has 0 aliphatic rings. The normalized spacial score (nSPS) is 11.3. The van der Waals surface area contributed by atoms with E-state index in [9.17, 15) is 0 Å². The molecule has 0 aliphatic heterocycles. The predicted octanol–water partition coefficient (Wildman–Crippen LogP) is 7.36. The van der Waals surface area contributed by atoms with E-state index >= 15 is 0 Å². The van der Waals surface area contributed by atoms with Crippen molar-refractivity contribution in [3.05, 3.63) is 74.3 Å². The highest BCUT2D eigenvalue weighted by atomic mass is 79.9. The van der Waals surface area contributed by atoms with Crippen LogP contribution < -0.4 is 0 Å². The first-order valence-corrected chi connectivity index (χ1v) is 9.40. The van der Waals surface area contributed by atoms with Gasteiger partial charge in [0.05, 0.1) is 16.4 Å². The zero-order valence-electron chi connectivity index (χ0n) is 11.7. The number of furan rings is 1. The first-order chi connectivity index (χ1) is 11.1. The number of hydrogen-bond donors (Lipinski definition) is 0. The monoisotopic (exact) mass is 469 g/mol. The van der Waals surface area contributed by atoms with Crippen molar-refractivity contribution in [2.45, 2.75) is 9.99 Å². The van der Waals surface area contributed by atoms with Gasteiger partial charge in [-0.15, -0.1) is 0 Å². The summed E-state index contributed by atoms with van der Waals surface area (Å²) >= 11 is 14.4. The molecule has 3 rings (SSSR count). The highest BCUT2D eigenvalue weighted by Crippen LogP contribution is 2.36. The average molecular weight is 472 g/mol. The Hall–Kier alpha value is -1.01. The van der Waals surface area contributed by atoms with Gasteiger partial charge < -0.3 is 4.42 Å². The minimum atomic E-state index is 0.688. The number of aliphatic imine (C=N–C) groups is 1. The van der Waals surface area contributed by atoms with Gasteiger partial charge in [-0.25, -0.2) is 0 Å². The molecule has 1 heterocycles. The molecule has 1 aromatic heterocycles. The van der Waals surface area contributed by atoms with Crippen molar-refractivity contribution in [3.63, 3.8) is 0 Å². The highest BCUT2D eigenvalue weighted by Gasteiger charge is 2.09. The van der Waals surface area contributed by atoms with Gasteiger partial charge in [0.1, 0.15) is 5.76 Å². The molecule has 0 spiro atoms. The van der Waals surface area contributed by atoms with E-state index in [1.165, 1.54) is 11.8 Å². The predicted molar refractivity (Wildman–Crippen MR) is 103 cm³/mol. The van der Waals surface area contributed by atoms with Crippen LogP contribution in [0.4, 0.5) is 5.69 Å². The molecule has 0 unspecified atom stereocenters. The third-order valence-electron chi connectivity index (χ3n) is 2.85. The van der Waals surface area contributed by atoms with Gasteiger partial charge in [-0.2, -0.15) is 0 Å². The molecule has 2 nitrogen and oxygen atoms in total. The number of rotatable bonds is 4. The summed E-state index contributed by atoms with van der Waals surface area (Å²) in [6, 6.07) is 17.3. The Kier molecular flexibility index (Phi) is 5.64. The third-order valence-corrected chi connectivity index (χ3v) is 5.44. The van der Waals surface area contributed by atoms with Crippen molar-refractivity contribution in [3.8, 4) is 0 Å². The van der Waals surface area contributed by atoms with Crippen LogP contribution in [-0.4, -0.2) is 6.21 Å². The van der Waals surface area contributed by atoms with Crippen molar-refractivity contribution in [1.82, 2.24) is 0 Å². The zero-order chi connectivity index (χ0) is 16.2. The molecule has 0 N–H and O–H groups in total. The first-order valence-electron chi connectivity index (χ1n) is 6.62. The van der Waals surface area contributed by atoms with Crippen LogP contribution in [0.5, 0.6) is 0 Å². The van der Waals surface area contributed by atoms with E-state index in [2.05, 4.69) is 36.9 Å². The number of hydrogen-bond acceptors (Lipinski definition) is 3. The molecule has 23 heavy (non-hydrogen) atoms. The van der Waals surface area contributed by atoms with Gasteiger partial charge in [0.25, 0.3) is 0 Å². The van der Waals surface area contributed by atoms with Gasteiger partial charge in [-0.05, 0) is 58.4 Å². The lowest BCUT2D eigenvalue weighted by atomic mass is 10.3. The van der Waals surface area contributed by atoms with Gasteiger partial charge in [0.15, 0.2) is 5.09 Å². The Morgan fingerprint density at radius 1 is 1.04 bits per heavy atom. The Balaban J connectivity index is 1.76. The van der Waals surface area contributed by atoms with Crippen LogP contribution >= 0.6 is 55.2 Å². The summed E-state index contributed by atoms with van der Waals surface area (Å²) in [5.74, 6) is 0.688. The fourth-order valence-electron chi connectivity index (χ4n) is 1.81. The second-order valence-corrected chi connectivity index (χ2v) is 7.83. The van der Waals surface area contributed by atoms with E-state index in [4.69, 9.17) is 16.0 Å². The average Bonchev–Trinajstić information content (AvgIpc) is 2.88. The molecule has 116 valence electrons. The highest BCUT2D eigenvalue weighted by molar-refractivity contribution is 9.10. The summed E-state index contributed by atoms with van der Waals surface area (Å²) in [4.78, 5) is 5.47. The Morgan fingerprint density at radius 3 is 2.57 bits per heavy atom. The SMILES string of the molecule is Clc1ccc(Sc2oc(C=Nc3cccc(Br)c3)cc2Br)cc1. The van der Waals surface area contributed by atoms with Gasteiger partial charge in [-0.1, -0.05) is 45.4 Å². The Bertz CT molecular complexity index is 846. The molecular weight excluding hydrogens is 462 g/mol. The minimum absolute atomic E-state index is 0.688. The number of benzene rings is 2. The summed E-state index contributed by atoms with van der Waals surface area (Å²) in [6.45, 7) is 0. The maximum absolute atomic E-state index is 5.90. The van der Waals surface area contributed by atoms with E-state index < -0.39 is 0 Å². The molecule has 3 aromatic rings. The summed E-state index contributed by atoms with van der Waals surface area (Å²) in [5.41, 5.74) is 0.860. The lowest BCUT2D eigenvalue weighted by Crippen LogP contribution is -1.74. The molecule has 0 amide bonds. The van der Waals surface area contributed by atoms with E-state index in [1.54, 1.807) is 6.21 Å². The molecule has 0 fully saturated rings. The minimum Gasteiger partial charge on any atom is -0.447 e. The summed E-state index contributed by atoms with van der Waals surface area (Å²) in [5, 5.41) is 1.50. The topological polar surface area (TPSA) is 25.5 Å². The second kappa shape index (κ2) is 7.71. The Morgan fingerprint density at radius 2 is 1.83 bits per heavy atom. The molecule has 0 saturated carbocycles. The maximum atomic E-state index is 5.90. The van der Waals surface area contributed by atoms with E-state index in [1.807, 2.05) is 54.6 Å².